The number of anilines is 1. The third-order valence-corrected chi connectivity index (χ3v) is 4.38. The third kappa shape index (κ3) is 3.64. The summed E-state index contributed by atoms with van der Waals surface area (Å²) in [6.45, 7) is 3.40. The van der Waals surface area contributed by atoms with Crippen molar-refractivity contribution in [1.82, 2.24) is 20.4 Å². The second kappa shape index (κ2) is 7.57. The highest BCUT2D eigenvalue weighted by atomic mass is 16.1. The van der Waals surface area contributed by atoms with Gasteiger partial charge in [-0.15, -0.1) is 10.2 Å². The Hall–Kier alpha value is -2.21. The van der Waals surface area contributed by atoms with Crippen LogP contribution in [0.25, 0.3) is 10.8 Å². The first-order valence-electron chi connectivity index (χ1n) is 8.60. The smallest absolute Gasteiger partial charge is 0.272 e. The predicted octanol–water partition coefficient (Wildman–Crippen LogP) is 1.91. The van der Waals surface area contributed by atoms with Gasteiger partial charge in [0.2, 0.25) is 0 Å². The van der Waals surface area contributed by atoms with E-state index in [9.17, 15) is 4.79 Å². The van der Waals surface area contributed by atoms with E-state index in [-0.39, 0.29) is 5.91 Å². The molecular formula is C18H25N5O. The Kier molecular flexibility index (Phi) is 5.25. The number of fused-ring (bicyclic) bond motifs is 1. The van der Waals surface area contributed by atoms with Gasteiger partial charge in [0, 0.05) is 37.0 Å². The summed E-state index contributed by atoms with van der Waals surface area (Å²) in [5.41, 5.74) is 0.408. The molecule has 24 heavy (non-hydrogen) atoms. The largest absolute Gasteiger partial charge is 0.355 e. The van der Waals surface area contributed by atoms with Gasteiger partial charge in [-0.05, 0) is 33.4 Å². The number of hydrogen-bond acceptors (Lipinski definition) is 5. The molecule has 128 valence electrons. The van der Waals surface area contributed by atoms with Crippen molar-refractivity contribution in [2.24, 2.45) is 0 Å². The zero-order valence-electron chi connectivity index (χ0n) is 14.5. The highest BCUT2D eigenvalue weighted by Crippen LogP contribution is 2.27. The second-order valence-corrected chi connectivity index (χ2v) is 6.52. The highest BCUT2D eigenvalue weighted by molar-refractivity contribution is 6.07. The minimum Gasteiger partial charge on any atom is -0.355 e. The first-order valence-corrected chi connectivity index (χ1v) is 8.60. The topological polar surface area (TPSA) is 61.4 Å². The maximum atomic E-state index is 12.5. The summed E-state index contributed by atoms with van der Waals surface area (Å²) in [5, 5.41) is 13.5. The summed E-state index contributed by atoms with van der Waals surface area (Å²) >= 11 is 0. The molecule has 2 heterocycles. The molecule has 0 spiro atoms. The number of amides is 1. The lowest BCUT2D eigenvalue weighted by molar-refractivity contribution is 0.0947. The number of nitrogens with zero attached hydrogens (tertiary/aromatic N) is 4. The normalized spacial score (nSPS) is 15.0. The Balaban J connectivity index is 1.89. The van der Waals surface area contributed by atoms with Crippen molar-refractivity contribution in [3.63, 3.8) is 0 Å². The van der Waals surface area contributed by atoms with Crippen LogP contribution in [0, 0.1) is 0 Å². The minimum absolute atomic E-state index is 0.161. The van der Waals surface area contributed by atoms with Gasteiger partial charge in [-0.1, -0.05) is 24.3 Å². The summed E-state index contributed by atoms with van der Waals surface area (Å²) < 4.78 is 0. The number of benzene rings is 1. The monoisotopic (exact) mass is 327 g/mol. The van der Waals surface area contributed by atoms with Crippen LogP contribution in [0.1, 0.15) is 29.8 Å². The Bertz CT molecular complexity index is 710. The van der Waals surface area contributed by atoms with Gasteiger partial charge in [-0.25, -0.2) is 0 Å². The Morgan fingerprint density at radius 3 is 2.54 bits per heavy atom. The van der Waals surface area contributed by atoms with Crippen LogP contribution >= 0.6 is 0 Å². The molecule has 1 aromatic heterocycles. The van der Waals surface area contributed by atoms with E-state index in [4.69, 9.17) is 0 Å². The molecule has 0 unspecified atom stereocenters. The molecule has 0 bridgehead atoms. The second-order valence-electron chi connectivity index (χ2n) is 6.52. The maximum absolute atomic E-state index is 12.5. The Morgan fingerprint density at radius 1 is 1.12 bits per heavy atom. The summed E-state index contributed by atoms with van der Waals surface area (Å²) in [5.74, 6) is 0.737. The van der Waals surface area contributed by atoms with Gasteiger partial charge in [-0.3, -0.25) is 4.79 Å². The highest BCUT2D eigenvalue weighted by Gasteiger charge is 2.19. The van der Waals surface area contributed by atoms with Gasteiger partial charge < -0.3 is 15.1 Å². The van der Waals surface area contributed by atoms with Crippen LogP contribution in [0.3, 0.4) is 0 Å². The fraction of sp³-hybridized carbons (Fsp3) is 0.500. The van der Waals surface area contributed by atoms with E-state index in [0.717, 1.165) is 36.2 Å². The molecule has 0 saturated carbocycles. The van der Waals surface area contributed by atoms with Crippen molar-refractivity contribution >= 4 is 22.5 Å². The van der Waals surface area contributed by atoms with Crippen LogP contribution in [0.4, 0.5) is 5.82 Å². The molecule has 1 N–H and O–H groups in total. The van der Waals surface area contributed by atoms with Gasteiger partial charge in [0.1, 0.15) is 0 Å². The Labute approximate surface area is 142 Å². The van der Waals surface area contributed by atoms with Crippen LogP contribution in [0.15, 0.2) is 24.3 Å². The van der Waals surface area contributed by atoms with Gasteiger partial charge in [0.05, 0.1) is 0 Å². The van der Waals surface area contributed by atoms with Gasteiger partial charge in [0.25, 0.3) is 5.91 Å². The summed E-state index contributed by atoms with van der Waals surface area (Å²) in [6.07, 6.45) is 3.64. The van der Waals surface area contributed by atoms with Crippen molar-refractivity contribution < 1.29 is 4.79 Å². The van der Waals surface area contributed by atoms with E-state index in [2.05, 4.69) is 20.4 Å². The lowest BCUT2D eigenvalue weighted by Crippen LogP contribution is -2.33. The molecular weight excluding hydrogens is 302 g/mol. The molecule has 6 nitrogen and oxygen atoms in total. The fourth-order valence-corrected chi connectivity index (χ4v) is 3.07. The van der Waals surface area contributed by atoms with Crippen LogP contribution in [-0.4, -0.2) is 61.3 Å². The average Bonchev–Trinajstić information content (AvgIpc) is 2.61. The molecule has 2 aromatic rings. The van der Waals surface area contributed by atoms with Crippen LogP contribution in [0.2, 0.25) is 0 Å². The molecule has 1 aliphatic heterocycles. The number of piperidine rings is 1. The Morgan fingerprint density at radius 2 is 1.83 bits per heavy atom. The average molecular weight is 327 g/mol. The van der Waals surface area contributed by atoms with Crippen molar-refractivity contribution in [2.75, 3.05) is 45.2 Å². The molecule has 0 radical (unpaired) electrons. The van der Waals surface area contributed by atoms with Crippen LogP contribution in [-0.2, 0) is 0 Å². The molecule has 1 aromatic carbocycles. The predicted molar refractivity (Wildman–Crippen MR) is 96.5 cm³/mol. The van der Waals surface area contributed by atoms with Crippen LogP contribution < -0.4 is 10.2 Å². The maximum Gasteiger partial charge on any atom is 0.272 e. The van der Waals surface area contributed by atoms with Gasteiger partial charge >= 0.3 is 0 Å². The quantitative estimate of drug-likeness (QED) is 0.909. The molecule has 6 heteroatoms. The van der Waals surface area contributed by atoms with E-state index in [1.54, 1.807) is 0 Å². The number of nitrogens with one attached hydrogen (secondary N) is 1. The first kappa shape index (κ1) is 16.6. The lowest BCUT2D eigenvalue weighted by Gasteiger charge is -2.28. The minimum atomic E-state index is -0.161. The number of rotatable bonds is 5. The van der Waals surface area contributed by atoms with E-state index in [1.807, 2.05) is 43.3 Å². The zero-order valence-corrected chi connectivity index (χ0v) is 14.5. The standard InChI is InChI=1S/C18H25N5O/c1-22(2)13-10-19-18(24)16-14-8-4-5-9-15(14)17(21-20-16)23-11-6-3-7-12-23/h4-5,8-9H,3,6-7,10-13H2,1-2H3,(H,19,24). The fourth-order valence-electron chi connectivity index (χ4n) is 3.07. The third-order valence-electron chi connectivity index (χ3n) is 4.38. The SMILES string of the molecule is CN(C)CCNC(=O)c1nnc(N2CCCCC2)c2ccccc12. The zero-order chi connectivity index (χ0) is 16.9. The summed E-state index contributed by atoms with van der Waals surface area (Å²) in [6, 6.07) is 7.93. The molecule has 3 rings (SSSR count). The van der Waals surface area contributed by atoms with Crippen molar-refractivity contribution in [3.05, 3.63) is 30.0 Å². The molecule has 1 aliphatic rings. The molecule has 1 amide bonds. The summed E-state index contributed by atoms with van der Waals surface area (Å²) in [7, 11) is 3.96. The lowest BCUT2D eigenvalue weighted by atomic mass is 10.1. The number of hydrogen-bond donors (Lipinski definition) is 1. The molecule has 0 atom stereocenters. The summed E-state index contributed by atoms with van der Waals surface area (Å²) in [4.78, 5) is 16.8. The molecule has 1 fully saturated rings. The first-order chi connectivity index (χ1) is 11.7. The van der Waals surface area contributed by atoms with Crippen molar-refractivity contribution in [2.45, 2.75) is 19.3 Å². The number of aromatic nitrogens is 2. The van der Waals surface area contributed by atoms with Crippen molar-refractivity contribution in [1.29, 1.82) is 0 Å². The van der Waals surface area contributed by atoms with Gasteiger partial charge in [-0.2, -0.15) is 0 Å². The number of likely N-dealkylation sites (N-methyl/N-ethyl adjacent to an activating group) is 1. The molecule has 1 saturated heterocycles. The van der Waals surface area contributed by atoms with Crippen LogP contribution in [0.5, 0.6) is 0 Å². The number of carbonyl (C=O) groups excluding carboxylic acids is 1. The van der Waals surface area contributed by atoms with E-state index in [0.29, 0.717) is 12.2 Å². The van der Waals surface area contributed by atoms with Crippen molar-refractivity contribution in [3.8, 4) is 0 Å². The van der Waals surface area contributed by atoms with Gasteiger partial charge in [0.15, 0.2) is 11.5 Å². The van der Waals surface area contributed by atoms with E-state index >= 15 is 0 Å². The van der Waals surface area contributed by atoms with E-state index in [1.165, 1.54) is 19.3 Å². The molecule has 0 aliphatic carbocycles. The van der Waals surface area contributed by atoms with E-state index < -0.39 is 0 Å². The number of carbonyl (C=O) groups is 1.